The average Bonchev–Trinajstić information content (AvgIpc) is 2.87. The number of anilines is 1. The van der Waals surface area contributed by atoms with E-state index in [4.69, 9.17) is 0 Å². The first kappa shape index (κ1) is 15.2. The van der Waals surface area contributed by atoms with Gasteiger partial charge < -0.3 is 10.6 Å². The highest BCUT2D eigenvalue weighted by Gasteiger charge is 2.21. The van der Waals surface area contributed by atoms with Crippen LogP contribution in [0.3, 0.4) is 0 Å². The highest BCUT2D eigenvalue weighted by atomic mass is 15.2. The summed E-state index contributed by atoms with van der Waals surface area (Å²) in [7, 11) is 0. The second-order valence-corrected chi connectivity index (χ2v) is 5.77. The van der Waals surface area contributed by atoms with Crippen LogP contribution in [0.5, 0.6) is 0 Å². The van der Waals surface area contributed by atoms with Crippen molar-refractivity contribution in [1.29, 1.82) is 0 Å². The molecule has 1 aliphatic rings. The second-order valence-electron chi connectivity index (χ2n) is 5.77. The van der Waals surface area contributed by atoms with Gasteiger partial charge in [0, 0.05) is 43.1 Å². The number of aromatic nitrogens is 2. The minimum atomic E-state index is 0.362. The fourth-order valence-electron chi connectivity index (χ4n) is 2.70. The third kappa shape index (κ3) is 4.42. The third-order valence-electron chi connectivity index (χ3n) is 3.74. The quantitative estimate of drug-likeness (QED) is 0.797. The lowest BCUT2D eigenvalue weighted by Gasteiger charge is -2.22. The van der Waals surface area contributed by atoms with Crippen molar-refractivity contribution in [3.63, 3.8) is 0 Å². The minimum absolute atomic E-state index is 0.362. The molecule has 0 radical (unpaired) electrons. The van der Waals surface area contributed by atoms with E-state index in [0.717, 1.165) is 25.2 Å². The maximum absolute atomic E-state index is 4.33. The summed E-state index contributed by atoms with van der Waals surface area (Å²) in [4.78, 5) is 11.2. The summed E-state index contributed by atoms with van der Waals surface area (Å²) in [6, 6.07) is 1.06. The first-order chi connectivity index (χ1) is 9.69. The fraction of sp³-hybridized carbons (Fsp3) is 0.733. The van der Waals surface area contributed by atoms with Gasteiger partial charge in [0.2, 0.25) is 5.95 Å². The van der Waals surface area contributed by atoms with E-state index in [9.17, 15) is 0 Å². The van der Waals surface area contributed by atoms with E-state index in [2.05, 4.69) is 46.3 Å². The predicted octanol–water partition coefficient (Wildman–Crippen LogP) is 1.87. The van der Waals surface area contributed by atoms with Crippen LogP contribution in [0.4, 0.5) is 5.95 Å². The van der Waals surface area contributed by atoms with E-state index in [1.807, 2.05) is 12.4 Å². The topological polar surface area (TPSA) is 53.1 Å². The molecule has 0 aromatic carbocycles. The van der Waals surface area contributed by atoms with Crippen LogP contribution in [0.2, 0.25) is 0 Å². The molecule has 20 heavy (non-hydrogen) atoms. The molecule has 0 spiro atoms. The van der Waals surface area contributed by atoms with Gasteiger partial charge in [0.1, 0.15) is 0 Å². The summed E-state index contributed by atoms with van der Waals surface area (Å²) in [6.45, 7) is 10.7. The molecule has 0 unspecified atom stereocenters. The largest absolute Gasteiger partial charge is 0.352 e. The molecule has 2 N–H and O–H groups in total. The molecule has 1 fully saturated rings. The Morgan fingerprint density at radius 2 is 2.10 bits per heavy atom. The van der Waals surface area contributed by atoms with Crippen LogP contribution in [0.25, 0.3) is 0 Å². The van der Waals surface area contributed by atoms with Gasteiger partial charge in [-0.05, 0) is 39.8 Å². The SMILES string of the molecule is CCN1CCC[C@H]1CNCc1cnc(NC(C)C)nc1. The number of likely N-dealkylation sites (tertiary alicyclic amines) is 1. The molecular weight excluding hydrogens is 250 g/mol. The van der Waals surface area contributed by atoms with Crippen molar-refractivity contribution in [1.82, 2.24) is 20.2 Å². The smallest absolute Gasteiger partial charge is 0.222 e. The Labute approximate surface area is 122 Å². The molecule has 5 nitrogen and oxygen atoms in total. The molecule has 0 saturated carbocycles. The van der Waals surface area contributed by atoms with E-state index in [1.165, 1.54) is 19.4 Å². The van der Waals surface area contributed by atoms with Gasteiger partial charge in [-0.15, -0.1) is 0 Å². The second kappa shape index (κ2) is 7.55. The van der Waals surface area contributed by atoms with Crippen molar-refractivity contribution < 1.29 is 0 Å². The summed E-state index contributed by atoms with van der Waals surface area (Å²) in [6.07, 6.45) is 6.45. The normalized spacial score (nSPS) is 19.7. The number of nitrogens with one attached hydrogen (secondary N) is 2. The Bertz CT molecular complexity index is 390. The molecule has 1 aliphatic heterocycles. The van der Waals surface area contributed by atoms with Gasteiger partial charge >= 0.3 is 0 Å². The molecule has 112 valence electrons. The maximum atomic E-state index is 4.33. The highest BCUT2D eigenvalue weighted by Crippen LogP contribution is 2.15. The van der Waals surface area contributed by atoms with Crippen LogP contribution in [0.15, 0.2) is 12.4 Å². The minimum Gasteiger partial charge on any atom is -0.352 e. The van der Waals surface area contributed by atoms with Gasteiger partial charge in [0.25, 0.3) is 0 Å². The van der Waals surface area contributed by atoms with Gasteiger partial charge in [0.15, 0.2) is 0 Å². The summed E-state index contributed by atoms with van der Waals surface area (Å²) >= 11 is 0. The van der Waals surface area contributed by atoms with E-state index < -0.39 is 0 Å². The average molecular weight is 277 g/mol. The van der Waals surface area contributed by atoms with Crippen molar-refractivity contribution in [3.8, 4) is 0 Å². The van der Waals surface area contributed by atoms with Gasteiger partial charge in [-0.3, -0.25) is 4.90 Å². The van der Waals surface area contributed by atoms with Crippen molar-refractivity contribution in [2.75, 3.05) is 25.0 Å². The summed E-state index contributed by atoms with van der Waals surface area (Å²) < 4.78 is 0. The molecule has 0 bridgehead atoms. The summed E-state index contributed by atoms with van der Waals surface area (Å²) in [5.74, 6) is 0.705. The van der Waals surface area contributed by atoms with Crippen LogP contribution in [0.1, 0.15) is 39.2 Å². The van der Waals surface area contributed by atoms with Crippen LogP contribution < -0.4 is 10.6 Å². The molecular formula is C15H27N5. The van der Waals surface area contributed by atoms with Crippen LogP contribution >= 0.6 is 0 Å². The Morgan fingerprint density at radius 1 is 1.35 bits per heavy atom. The number of nitrogens with zero attached hydrogens (tertiary/aromatic N) is 3. The number of hydrogen-bond acceptors (Lipinski definition) is 5. The molecule has 0 aliphatic carbocycles. The molecule has 1 saturated heterocycles. The lowest BCUT2D eigenvalue weighted by molar-refractivity contribution is 0.260. The Hall–Kier alpha value is -1.20. The first-order valence-electron chi connectivity index (χ1n) is 7.71. The van der Waals surface area contributed by atoms with E-state index in [0.29, 0.717) is 18.0 Å². The first-order valence-corrected chi connectivity index (χ1v) is 7.71. The van der Waals surface area contributed by atoms with E-state index >= 15 is 0 Å². The molecule has 5 heteroatoms. The Balaban J connectivity index is 1.74. The Kier molecular flexibility index (Phi) is 5.73. The maximum Gasteiger partial charge on any atom is 0.222 e. The molecule has 1 aromatic rings. The number of likely N-dealkylation sites (N-methyl/N-ethyl adjacent to an activating group) is 1. The van der Waals surface area contributed by atoms with Gasteiger partial charge in [-0.25, -0.2) is 9.97 Å². The lowest BCUT2D eigenvalue weighted by atomic mass is 10.2. The Morgan fingerprint density at radius 3 is 2.75 bits per heavy atom. The molecule has 2 rings (SSSR count). The van der Waals surface area contributed by atoms with Crippen LogP contribution in [-0.4, -0.2) is 46.6 Å². The van der Waals surface area contributed by atoms with Crippen LogP contribution in [0, 0.1) is 0 Å². The molecule has 0 amide bonds. The van der Waals surface area contributed by atoms with Gasteiger partial charge in [-0.1, -0.05) is 6.92 Å². The zero-order chi connectivity index (χ0) is 14.4. The zero-order valence-corrected chi connectivity index (χ0v) is 12.9. The van der Waals surface area contributed by atoms with Gasteiger partial charge in [0.05, 0.1) is 0 Å². The zero-order valence-electron chi connectivity index (χ0n) is 12.9. The molecule has 1 aromatic heterocycles. The monoisotopic (exact) mass is 277 g/mol. The van der Waals surface area contributed by atoms with E-state index in [-0.39, 0.29) is 0 Å². The summed E-state index contributed by atoms with van der Waals surface area (Å²) in [5, 5.41) is 6.72. The van der Waals surface area contributed by atoms with E-state index in [1.54, 1.807) is 0 Å². The fourth-order valence-corrected chi connectivity index (χ4v) is 2.70. The van der Waals surface area contributed by atoms with Crippen molar-refractivity contribution in [2.45, 2.75) is 52.2 Å². The predicted molar refractivity (Wildman–Crippen MR) is 82.8 cm³/mol. The lowest BCUT2D eigenvalue weighted by Crippen LogP contribution is -2.37. The van der Waals surface area contributed by atoms with Crippen molar-refractivity contribution in [2.24, 2.45) is 0 Å². The van der Waals surface area contributed by atoms with Gasteiger partial charge in [-0.2, -0.15) is 0 Å². The summed E-state index contributed by atoms with van der Waals surface area (Å²) in [5.41, 5.74) is 1.14. The number of rotatable bonds is 7. The molecule has 1 atom stereocenters. The highest BCUT2D eigenvalue weighted by molar-refractivity contribution is 5.25. The van der Waals surface area contributed by atoms with Crippen molar-refractivity contribution >= 4 is 5.95 Å². The van der Waals surface area contributed by atoms with Crippen molar-refractivity contribution in [3.05, 3.63) is 18.0 Å². The standard InChI is InChI=1S/C15H27N5/c1-4-20-7-5-6-14(20)11-16-8-13-9-17-15(18-10-13)19-12(2)3/h9-10,12,14,16H,4-8,11H2,1-3H3,(H,17,18,19)/t14-/m0/s1. The number of hydrogen-bond donors (Lipinski definition) is 2. The molecule has 2 heterocycles. The van der Waals surface area contributed by atoms with Crippen LogP contribution in [-0.2, 0) is 6.54 Å². The third-order valence-corrected chi connectivity index (χ3v) is 3.74.